The molecule has 1 heteroatoms. The molecule has 0 saturated heterocycles. The summed E-state index contributed by atoms with van der Waals surface area (Å²) in [5.74, 6) is 0.325. The molecule has 6 aromatic carbocycles. The van der Waals surface area contributed by atoms with E-state index in [-0.39, 0.29) is 6.04 Å². The highest BCUT2D eigenvalue weighted by Gasteiger charge is 2.46. The van der Waals surface area contributed by atoms with E-state index >= 15 is 0 Å². The van der Waals surface area contributed by atoms with Crippen LogP contribution in [-0.2, 0) is 5.41 Å². The molecular formula is C57H49N. The average Bonchev–Trinajstić information content (AvgIpc) is 3.61. The third kappa shape index (κ3) is 6.65. The highest BCUT2D eigenvalue weighted by Crippen LogP contribution is 2.57. The molecular weight excluding hydrogens is 699 g/mol. The van der Waals surface area contributed by atoms with Crippen molar-refractivity contribution in [1.29, 1.82) is 0 Å². The van der Waals surface area contributed by atoms with Crippen LogP contribution in [0.15, 0.2) is 229 Å². The summed E-state index contributed by atoms with van der Waals surface area (Å²) >= 11 is 0. The highest BCUT2D eigenvalue weighted by atomic mass is 15.2. The normalized spacial score (nSPS) is 20.4. The minimum atomic E-state index is -0.443. The molecule has 0 aliphatic heterocycles. The van der Waals surface area contributed by atoms with Crippen molar-refractivity contribution < 1.29 is 0 Å². The lowest BCUT2D eigenvalue weighted by Crippen LogP contribution is -2.35. The van der Waals surface area contributed by atoms with E-state index in [2.05, 4.69) is 217 Å². The monoisotopic (exact) mass is 747 g/mol. The molecule has 0 bridgehead atoms. The van der Waals surface area contributed by atoms with Crippen LogP contribution >= 0.6 is 0 Å². The summed E-state index contributed by atoms with van der Waals surface area (Å²) < 4.78 is 0. The van der Waals surface area contributed by atoms with E-state index in [1.807, 2.05) is 0 Å². The van der Waals surface area contributed by atoms with Crippen LogP contribution in [0.1, 0.15) is 72.3 Å². The maximum absolute atomic E-state index is 2.63. The zero-order valence-corrected chi connectivity index (χ0v) is 33.1. The maximum Gasteiger partial charge on any atom is 0.0714 e. The smallest absolute Gasteiger partial charge is 0.0714 e. The van der Waals surface area contributed by atoms with Gasteiger partial charge in [0.05, 0.1) is 11.5 Å². The minimum absolute atomic E-state index is 0.220. The largest absolute Gasteiger partial charge is 0.335 e. The van der Waals surface area contributed by atoms with E-state index in [1.54, 1.807) is 0 Å². The van der Waals surface area contributed by atoms with Crippen LogP contribution in [0, 0.1) is 0 Å². The standard InChI is InChI=1S/C57H49N/c1-5-16-42(17-6-1)28-29-43-30-34-50(35-31-43)58(51-36-32-45(33-37-51)47-21-15-20-46(40-47)44-18-7-2-8-19-44)52-38-39-54-53-26-13-14-27-55(53)57(56(54)41-52,48-22-9-3-10-23-48)49-24-11-4-12-25-49/h2-5,7-16,18-30,32,34,36-41,45,50H,1,6,17,31,33,35H2/b42-28-,43-29-. The Labute approximate surface area is 344 Å². The molecule has 2 unspecified atom stereocenters. The summed E-state index contributed by atoms with van der Waals surface area (Å²) in [6.07, 6.45) is 28.2. The van der Waals surface area contributed by atoms with Gasteiger partial charge in [0.15, 0.2) is 0 Å². The van der Waals surface area contributed by atoms with Gasteiger partial charge < -0.3 is 4.90 Å². The average molecular weight is 748 g/mol. The first-order chi connectivity index (χ1) is 28.8. The first kappa shape index (κ1) is 35.9. The second-order valence-electron chi connectivity index (χ2n) is 16.2. The third-order valence-electron chi connectivity index (χ3n) is 12.8. The zero-order valence-electron chi connectivity index (χ0n) is 33.1. The molecule has 0 aromatic heterocycles. The van der Waals surface area contributed by atoms with E-state index in [4.69, 9.17) is 0 Å². The Kier molecular flexibility index (Phi) is 9.81. The second kappa shape index (κ2) is 15.8. The number of rotatable bonds is 8. The summed E-state index contributed by atoms with van der Waals surface area (Å²) in [6.45, 7) is 0. The predicted octanol–water partition coefficient (Wildman–Crippen LogP) is 14.5. The summed E-state index contributed by atoms with van der Waals surface area (Å²) in [7, 11) is 0. The minimum Gasteiger partial charge on any atom is -0.335 e. The van der Waals surface area contributed by atoms with Crippen molar-refractivity contribution in [3.05, 3.63) is 257 Å². The van der Waals surface area contributed by atoms with Crippen molar-refractivity contribution in [3.8, 4) is 22.3 Å². The van der Waals surface area contributed by atoms with Crippen molar-refractivity contribution in [3.63, 3.8) is 0 Å². The Bertz CT molecular complexity index is 2580. The van der Waals surface area contributed by atoms with E-state index in [0.717, 1.165) is 19.3 Å². The van der Waals surface area contributed by atoms with Crippen molar-refractivity contribution in [2.24, 2.45) is 0 Å². The fraction of sp³-hybridized carbons (Fsp3) is 0.158. The Morgan fingerprint density at radius 1 is 0.552 bits per heavy atom. The fourth-order valence-corrected chi connectivity index (χ4v) is 9.91. The molecule has 1 nitrogen and oxygen atoms in total. The topological polar surface area (TPSA) is 3.24 Å². The van der Waals surface area contributed by atoms with Crippen molar-refractivity contribution >= 4 is 5.69 Å². The molecule has 6 aromatic rings. The van der Waals surface area contributed by atoms with Gasteiger partial charge in [-0.05, 0) is 118 Å². The van der Waals surface area contributed by atoms with Gasteiger partial charge in [0.1, 0.15) is 0 Å². The van der Waals surface area contributed by atoms with Gasteiger partial charge in [-0.25, -0.2) is 0 Å². The number of hydrogen-bond acceptors (Lipinski definition) is 1. The van der Waals surface area contributed by atoms with E-state index in [1.165, 1.54) is 91.9 Å². The Morgan fingerprint density at radius 3 is 1.93 bits per heavy atom. The number of fused-ring (bicyclic) bond motifs is 3. The van der Waals surface area contributed by atoms with Crippen LogP contribution < -0.4 is 4.90 Å². The van der Waals surface area contributed by atoms with Crippen molar-refractivity contribution in [2.45, 2.75) is 55.9 Å². The lowest BCUT2D eigenvalue weighted by Gasteiger charge is -2.38. The van der Waals surface area contributed by atoms with Crippen LogP contribution in [0.5, 0.6) is 0 Å². The van der Waals surface area contributed by atoms with Crippen molar-refractivity contribution in [2.75, 3.05) is 4.90 Å². The quantitative estimate of drug-likeness (QED) is 0.150. The molecule has 0 spiro atoms. The first-order valence-electron chi connectivity index (χ1n) is 21.2. The van der Waals surface area contributed by atoms with Gasteiger partial charge >= 0.3 is 0 Å². The molecule has 2 atom stereocenters. The van der Waals surface area contributed by atoms with E-state index in [9.17, 15) is 0 Å². The summed E-state index contributed by atoms with van der Waals surface area (Å²) in [6, 6.07) is 58.7. The predicted molar refractivity (Wildman–Crippen MR) is 244 cm³/mol. The molecule has 4 aliphatic carbocycles. The molecule has 0 amide bonds. The highest BCUT2D eigenvalue weighted by molar-refractivity contribution is 5.88. The molecule has 58 heavy (non-hydrogen) atoms. The van der Waals surface area contributed by atoms with Gasteiger partial charge in [0.25, 0.3) is 0 Å². The number of allylic oxidation sites excluding steroid dienone is 10. The Hall–Kier alpha value is -6.44. The molecule has 0 radical (unpaired) electrons. The Morgan fingerprint density at radius 2 is 1.24 bits per heavy atom. The van der Waals surface area contributed by atoms with Crippen molar-refractivity contribution in [1.82, 2.24) is 0 Å². The van der Waals surface area contributed by atoms with Gasteiger partial charge in [0, 0.05) is 17.3 Å². The van der Waals surface area contributed by atoms with Crippen LogP contribution in [0.25, 0.3) is 22.3 Å². The Balaban J connectivity index is 1.07. The van der Waals surface area contributed by atoms with Gasteiger partial charge in [-0.3, -0.25) is 0 Å². The molecule has 4 aliphatic rings. The number of anilines is 1. The molecule has 0 fully saturated rings. The molecule has 282 valence electrons. The lowest BCUT2D eigenvalue weighted by atomic mass is 9.67. The van der Waals surface area contributed by atoms with Crippen LogP contribution in [0.3, 0.4) is 0 Å². The number of hydrogen-bond donors (Lipinski definition) is 0. The summed E-state index contributed by atoms with van der Waals surface area (Å²) in [4.78, 5) is 2.63. The third-order valence-corrected chi connectivity index (χ3v) is 12.8. The molecule has 0 N–H and O–H groups in total. The lowest BCUT2D eigenvalue weighted by molar-refractivity contribution is 0.662. The van der Waals surface area contributed by atoms with Gasteiger partial charge in [-0.15, -0.1) is 0 Å². The van der Waals surface area contributed by atoms with Crippen LogP contribution in [-0.4, -0.2) is 6.04 Å². The van der Waals surface area contributed by atoms with Gasteiger partial charge in [-0.1, -0.05) is 194 Å². The molecule has 0 heterocycles. The van der Waals surface area contributed by atoms with E-state index < -0.39 is 5.41 Å². The second-order valence-corrected chi connectivity index (χ2v) is 16.2. The number of benzene rings is 6. The van der Waals surface area contributed by atoms with Gasteiger partial charge in [0.2, 0.25) is 0 Å². The van der Waals surface area contributed by atoms with Crippen LogP contribution in [0.2, 0.25) is 0 Å². The van der Waals surface area contributed by atoms with Gasteiger partial charge in [-0.2, -0.15) is 0 Å². The SMILES string of the molecule is C1=C/C(=C/C=C2/C=CC(N(C3=CCC(c4cccc(-c5ccccc5)c4)C=C3)c3ccc4c(c3)C(c3ccccc3)(c3ccccc3)c3ccccc3-4)CC2)CCC1. The zero-order chi connectivity index (χ0) is 38.7. The molecule has 0 saturated carbocycles. The first-order valence-corrected chi connectivity index (χ1v) is 21.2. The summed E-state index contributed by atoms with van der Waals surface area (Å²) in [5.41, 5.74) is 16.7. The molecule has 10 rings (SSSR count). The summed E-state index contributed by atoms with van der Waals surface area (Å²) in [5, 5.41) is 0. The number of nitrogens with zero attached hydrogens (tertiary/aromatic N) is 1. The maximum atomic E-state index is 2.63. The van der Waals surface area contributed by atoms with E-state index in [0.29, 0.717) is 5.92 Å². The fourth-order valence-electron chi connectivity index (χ4n) is 9.91. The van der Waals surface area contributed by atoms with Crippen LogP contribution in [0.4, 0.5) is 5.69 Å².